The lowest BCUT2D eigenvalue weighted by atomic mass is 10.1. The van der Waals surface area contributed by atoms with Crippen molar-refractivity contribution in [2.75, 3.05) is 5.32 Å². The normalized spacial score (nSPS) is 11.1. The lowest BCUT2D eigenvalue weighted by molar-refractivity contribution is 0.474. The van der Waals surface area contributed by atoms with Crippen molar-refractivity contribution in [3.8, 4) is 5.75 Å². The lowest BCUT2D eigenvalue weighted by Crippen LogP contribution is -2.25. The minimum atomic E-state index is -0.324. The fraction of sp³-hybridized carbons (Fsp3) is 0.0667. The molecule has 0 aromatic heterocycles. The van der Waals surface area contributed by atoms with Crippen molar-refractivity contribution in [3.63, 3.8) is 0 Å². The van der Waals surface area contributed by atoms with Crippen LogP contribution in [-0.2, 0) is 0 Å². The van der Waals surface area contributed by atoms with Crippen LogP contribution in [0.25, 0.3) is 0 Å². The second-order valence-electron chi connectivity index (χ2n) is 4.43. The number of thiocarbonyl (C=S) groups is 1. The van der Waals surface area contributed by atoms with Gasteiger partial charge in [0.1, 0.15) is 11.6 Å². The van der Waals surface area contributed by atoms with Crippen molar-refractivity contribution in [2.24, 2.45) is 5.10 Å². The SMILES string of the molecule is C/C(=N\NC(=S)Nc1ccc(F)cc1)c1cc(Cl)ccc1O. The molecule has 0 heterocycles. The Morgan fingerprint density at radius 1 is 1.23 bits per heavy atom. The fourth-order valence-corrected chi connectivity index (χ4v) is 2.02. The van der Waals surface area contributed by atoms with E-state index < -0.39 is 0 Å². The number of phenols is 1. The molecule has 0 amide bonds. The molecule has 2 rings (SSSR count). The Hall–Kier alpha value is -2.18. The van der Waals surface area contributed by atoms with Gasteiger partial charge in [-0.15, -0.1) is 0 Å². The summed E-state index contributed by atoms with van der Waals surface area (Å²) in [6.45, 7) is 1.71. The largest absolute Gasteiger partial charge is 0.507 e. The van der Waals surface area contributed by atoms with E-state index in [9.17, 15) is 9.50 Å². The van der Waals surface area contributed by atoms with Gasteiger partial charge in [-0.25, -0.2) is 4.39 Å². The van der Waals surface area contributed by atoms with E-state index >= 15 is 0 Å². The van der Waals surface area contributed by atoms with Gasteiger partial charge in [0.05, 0.1) is 5.71 Å². The van der Waals surface area contributed by atoms with Crippen molar-refractivity contribution in [2.45, 2.75) is 6.92 Å². The van der Waals surface area contributed by atoms with Crippen LogP contribution in [0.15, 0.2) is 47.6 Å². The number of phenolic OH excluding ortho intramolecular Hbond substituents is 1. The summed E-state index contributed by atoms with van der Waals surface area (Å²) >= 11 is 11.0. The van der Waals surface area contributed by atoms with E-state index in [0.29, 0.717) is 22.0 Å². The predicted octanol–water partition coefficient (Wildman–Crippen LogP) is 3.90. The van der Waals surface area contributed by atoms with E-state index in [2.05, 4.69) is 15.8 Å². The van der Waals surface area contributed by atoms with E-state index in [4.69, 9.17) is 23.8 Å². The molecule has 0 aliphatic carbocycles. The molecule has 0 saturated carbocycles. The van der Waals surface area contributed by atoms with Gasteiger partial charge in [-0.05, 0) is 61.6 Å². The van der Waals surface area contributed by atoms with Gasteiger partial charge in [0, 0.05) is 16.3 Å². The van der Waals surface area contributed by atoms with Crippen LogP contribution < -0.4 is 10.7 Å². The Balaban J connectivity index is 2.02. The quantitative estimate of drug-likeness (QED) is 0.452. The third kappa shape index (κ3) is 4.41. The molecular weight excluding hydrogens is 325 g/mol. The predicted molar refractivity (Wildman–Crippen MR) is 91.1 cm³/mol. The molecule has 2 aromatic rings. The van der Waals surface area contributed by atoms with E-state index in [1.807, 2.05) is 0 Å². The number of hydrogen-bond acceptors (Lipinski definition) is 3. The first kappa shape index (κ1) is 16.2. The van der Waals surface area contributed by atoms with E-state index in [1.165, 1.54) is 18.2 Å². The highest BCUT2D eigenvalue weighted by Crippen LogP contribution is 2.22. The van der Waals surface area contributed by atoms with Crippen molar-refractivity contribution < 1.29 is 9.50 Å². The molecule has 0 aliphatic heterocycles. The van der Waals surface area contributed by atoms with Crippen LogP contribution in [0.2, 0.25) is 5.02 Å². The Bertz CT molecular complexity index is 719. The highest BCUT2D eigenvalue weighted by molar-refractivity contribution is 7.80. The molecule has 2 aromatic carbocycles. The van der Waals surface area contributed by atoms with Crippen LogP contribution >= 0.6 is 23.8 Å². The number of nitrogens with one attached hydrogen (secondary N) is 2. The van der Waals surface area contributed by atoms with Crippen molar-refractivity contribution in [1.82, 2.24) is 5.43 Å². The summed E-state index contributed by atoms with van der Waals surface area (Å²) in [6.07, 6.45) is 0. The molecule has 0 aliphatic rings. The first-order valence-electron chi connectivity index (χ1n) is 6.31. The standard InChI is InChI=1S/C15H13ClFN3OS/c1-9(13-8-10(16)2-7-14(13)21)19-20-15(22)18-12-5-3-11(17)4-6-12/h2-8,21H,1H3,(H2,18,20,22)/b19-9+. The zero-order valence-corrected chi connectivity index (χ0v) is 13.2. The number of hydrogen-bond donors (Lipinski definition) is 3. The third-order valence-electron chi connectivity index (χ3n) is 2.78. The zero-order chi connectivity index (χ0) is 16.1. The highest BCUT2D eigenvalue weighted by atomic mass is 35.5. The number of aromatic hydroxyl groups is 1. The molecule has 7 heteroatoms. The Morgan fingerprint density at radius 2 is 1.91 bits per heavy atom. The molecule has 22 heavy (non-hydrogen) atoms. The van der Waals surface area contributed by atoms with Gasteiger partial charge in [-0.3, -0.25) is 5.43 Å². The van der Waals surface area contributed by atoms with E-state index in [-0.39, 0.29) is 16.7 Å². The Labute approximate surface area is 137 Å². The summed E-state index contributed by atoms with van der Waals surface area (Å²) in [5.41, 5.74) is 4.31. The zero-order valence-electron chi connectivity index (χ0n) is 11.6. The molecule has 3 N–H and O–H groups in total. The maximum absolute atomic E-state index is 12.8. The van der Waals surface area contributed by atoms with Gasteiger partial charge in [-0.2, -0.15) is 5.10 Å². The van der Waals surface area contributed by atoms with E-state index in [0.717, 1.165) is 0 Å². The van der Waals surface area contributed by atoms with E-state index in [1.54, 1.807) is 31.2 Å². The topological polar surface area (TPSA) is 56.7 Å². The second-order valence-corrected chi connectivity index (χ2v) is 5.28. The van der Waals surface area contributed by atoms with Gasteiger partial charge in [0.15, 0.2) is 5.11 Å². The van der Waals surface area contributed by atoms with Crippen LogP contribution in [-0.4, -0.2) is 15.9 Å². The number of nitrogens with zero attached hydrogens (tertiary/aromatic N) is 1. The number of hydrazone groups is 1. The number of benzene rings is 2. The summed E-state index contributed by atoms with van der Waals surface area (Å²) < 4.78 is 12.8. The van der Waals surface area contributed by atoms with Crippen LogP contribution in [0.4, 0.5) is 10.1 Å². The van der Waals surface area contributed by atoms with Crippen molar-refractivity contribution in [1.29, 1.82) is 0 Å². The molecule has 114 valence electrons. The van der Waals surface area contributed by atoms with Crippen LogP contribution in [0.3, 0.4) is 0 Å². The smallest absolute Gasteiger partial charge is 0.191 e. The molecule has 0 spiro atoms. The Morgan fingerprint density at radius 3 is 2.59 bits per heavy atom. The summed E-state index contributed by atoms with van der Waals surface area (Å²) in [5.74, 6) is -0.250. The summed E-state index contributed by atoms with van der Waals surface area (Å²) in [7, 11) is 0. The average molecular weight is 338 g/mol. The van der Waals surface area contributed by atoms with Gasteiger partial charge in [0.25, 0.3) is 0 Å². The average Bonchev–Trinajstić information content (AvgIpc) is 2.49. The molecule has 0 unspecified atom stereocenters. The van der Waals surface area contributed by atoms with Crippen molar-refractivity contribution >= 4 is 40.3 Å². The molecule has 0 bridgehead atoms. The molecule has 0 atom stereocenters. The number of anilines is 1. The molecule has 0 radical (unpaired) electrons. The van der Waals surface area contributed by atoms with Gasteiger partial charge >= 0.3 is 0 Å². The van der Waals surface area contributed by atoms with Gasteiger partial charge in [0.2, 0.25) is 0 Å². The summed E-state index contributed by atoms with van der Waals surface area (Å²) in [4.78, 5) is 0. The number of rotatable bonds is 3. The van der Waals surface area contributed by atoms with Crippen LogP contribution in [0.5, 0.6) is 5.75 Å². The minimum Gasteiger partial charge on any atom is -0.507 e. The first-order valence-corrected chi connectivity index (χ1v) is 7.10. The van der Waals surface area contributed by atoms with Crippen LogP contribution in [0.1, 0.15) is 12.5 Å². The first-order chi connectivity index (χ1) is 10.5. The molecule has 0 fully saturated rings. The molecule has 0 saturated heterocycles. The summed E-state index contributed by atoms with van der Waals surface area (Å²) in [5, 5.41) is 17.5. The van der Waals surface area contributed by atoms with Gasteiger partial charge < -0.3 is 10.4 Å². The monoisotopic (exact) mass is 337 g/mol. The summed E-state index contributed by atoms with van der Waals surface area (Å²) in [6, 6.07) is 10.4. The second kappa shape index (κ2) is 7.20. The fourth-order valence-electron chi connectivity index (χ4n) is 1.69. The Kier molecular flexibility index (Phi) is 5.30. The molecule has 4 nitrogen and oxygen atoms in total. The van der Waals surface area contributed by atoms with Crippen molar-refractivity contribution in [3.05, 3.63) is 58.9 Å². The van der Waals surface area contributed by atoms with Gasteiger partial charge in [-0.1, -0.05) is 11.6 Å². The maximum atomic E-state index is 12.8. The number of halogens is 2. The third-order valence-corrected chi connectivity index (χ3v) is 3.20. The minimum absolute atomic E-state index is 0.0739. The lowest BCUT2D eigenvalue weighted by Gasteiger charge is -2.09. The van der Waals surface area contributed by atoms with Crippen LogP contribution in [0, 0.1) is 5.82 Å². The highest BCUT2D eigenvalue weighted by Gasteiger charge is 2.06. The molecular formula is C15H13ClFN3OS. The maximum Gasteiger partial charge on any atom is 0.191 e.